The van der Waals surface area contributed by atoms with Gasteiger partial charge in [0.25, 0.3) is 5.91 Å². The van der Waals surface area contributed by atoms with E-state index in [0.29, 0.717) is 0 Å². The van der Waals surface area contributed by atoms with Crippen LogP contribution in [0.25, 0.3) is 11.2 Å². The zero-order chi connectivity index (χ0) is 23.8. The molecule has 1 saturated heterocycles. The first kappa shape index (κ1) is 24.8. The molecule has 0 spiro atoms. The molecule has 0 aromatic carbocycles. The summed E-state index contributed by atoms with van der Waals surface area (Å²) < 4.78 is 37.4. The lowest BCUT2D eigenvalue weighted by molar-refractivity contribution is -0.119. The lowest BCUT2D eigenvalue weighted by atomic mass is 10.1. The highest BCUT2D eigenvalue weighted by molar-refractivity contribution is 7.85. The molecule has 0 aliphatic carbocycles. The second-order valence-electron chi connectivity index (χ2n) is 7.55. The molecule has 32 heavy (non-hydrogen) atoms. The van der Waals surface area contributed by atoms with Crippen molar-refractivity contribution in [2.24, 2.45) is 5.92 Å². The Morgan fingerprint density at radius 3 is 2.72 bits per heavy atom. The zero-order valence-electron chi connectivity index (χ0n) is 16.9. The van der Waals surface area contributed by atoms with Gasteiger partial charge in [-0.1, -0.05) is 13.8 Å². The lowest BCUT2D eigenvalue weighted by Gasteiger charge is -2.17. The number of aliphatic hydroxyl groups is 2. The van der Waals surface area contributed by atoms with E-state index in [4.69, 9.17) is 37.9 Å². The minimum atomic E-state index is -4.54. The van der Waals surface area contributed by atoms with Crippen LogP contribution >= 0.6 is 23.2 Å². The number of halogens is 2. The molecule has 1 aliphatic heterocycles. The van der Waals surface area contributed by atoms with Gasteiger partial charge in [-0.2, -0.15) is 18.4 Å². The molecule has 1 amide bonds. The summed E-state index contributed by atoms with van der Waals surface area (Å²) in [7, 11) is -4.54. The summed E-state index contributed by atoms with van der Waals surface area (Å²) in [5.41, 5.74) is 6.08. The van der Waals surface area contributed by atoms with Crippen molar-refractivity contribution in [1.29, 1.82) is 0 Å². The Kier molecular flexibility index (Phi) is 7.44. The topological polar surface area (TPSA) is 192 Å². The number of rotatable bonds is 8. The van der Waals surface area contributed by atoms with Gasteiger partial charge in [0, 0.05) is 0 Å². The summed E-state index contributed by atoms with van der Waals surface area (Å²) in [6.45, 7) is 2.96. The molecule has 0 bridgehead atoms. The highest BCUT2D eigenvalue weighted by Crippen LogP contribution is 2.32. The molecule has 2 aromatic heterocycles. The number of hydrogen-bond acceptors (Lipinski definition) is 11. The summed E-state index contributed by atoms with van der Waals surface area (Å²) in [5.74, 6) is -0.865. The Morgan fingerprint density at radius 1 is 1.38 bits per heavy atom. The van der Waals surface area contributed by atoms with Crippen LogP contribution in [0.5, 0.6) is 0 Å². The largest absolute Gasteiger partial charge is 0.387 e. The summed E-state index contributed by atoms with van der Waals surface area (Å²) >= 11 is 11.7. The quantitative estimate of drug-likeness (QED) is 0.268. The Balaban J connectivity index is 1.68. The molecule has 16 heteroatoms. The van der Waals surface area contributed by atoms with Gasteiger partial charge >= 0.3 is 10.3 Å². The number of hydrogen-bond donors (Lipinski definition) is 4. The molecule has 1 fully saturated rings. The average Bonchev–Trinajstić information content (AvgIpc) is 3.21. The Bertz CT molecular complexity index is 1100. The Hall–Kier alpha value is -1.81. The van der Waals surface area contributed by atoms with E-state index in [1.54, 1.807) is 4.72 Å². The molecular formula is C16H22Cl2N6O7S. The van der Waals surface area contributed by atoms with E-state index in [1.807, 2.05) is 13.8 Å². The number of fused-ring (bicyclic) bond motifs is 1. The van der Waals surface area contributed by atoms with E-state index in [2.05, 4.69) is 15.0 Å². The molecule has 5 N–H and O–H groups in total. The van der Waals surface area contributed by atoms with E-state index in [1.165, 1.54) is 10.9 Å². The highest BCUT2D eigenvalue weighted by atomic mass is 35.5. The summed E-state index contributed by atoms with van der Waals surface area (Å²) in [4.78, 5) is 23.7. The number of amides is 1. The van der Waals surface area contributed by atoms with E-state index < -0.39 is 52.7 Å². The smallest absolute Gasteiger partial charge is 0.362 e. The van der Waals surface area contributed by atoms with Crippen LogP contribution < -0.4 is 10.5 Å². The van der Waals surface area contributed by atoms with Gasteiger partial charge < -0.3 is 20.7 Å². The number of nitrogen functional groups attached to an aromatic ring is 1. The number of carbonyl (C=O) groups is 1. The van der Waals surface area contributed by atoms with Crippen LogP contribution in [0, 0.1) is 5.92 Å². The fourth-order valence-corrected chi connectivity index (χ4v) is 4.50. The van der Waals surface area contributed by atoms with Crippen molar-refractivity contribution in [1.82, 2.24) is 24.2 Å². The fraction of sp³-hybridized carbons (Fsp3) is 0.625. The second kappa shape index (κ2) is 9.59. The number of alkyl halides is 1. The molecule has 1 aliphatic rings. The predicted octanol–water partition coefficient (Wildman–Crippen LogP) is -0.288. The molecule has 0 saturated carbocycles. The minimum Gasteiger partial charge on any atom is -0.387 e. The van der Waals surface area contributed by atoms with E-state index >= 15 is 0 Å². The van der Waals surface area contributed by atoms with Crippen LogP contribution in [-0.2, 0) is 24.0 Å². The van der Waals surface area contributed by atoms with Crippen molar-refractivity contribution in [3.63, 3.8) is 0 Å². The first-order valence-electron chi connectivity index (χ1n) is 9.41. The van der Waals surface area contributed by atoms with Gasteiger partial charge in [0.05, 0.1) is 12.9 Å². The van der Waals surface area contributed by atoms with Gasteiger partial charge in [-0.25, -0.2) is 9.71 Å². The maximum absolute atomic E-state index is 12.1. The standard InChI is InChI=1S/C16H22Cl2N6O7S/c1-6(2)3-7(17)14(27)23-32(28,29)30-4-8-10(25)11(26)15(31-8)24-5-20-9-12(19)21-16(18)22-13(9)24/h5-8,10-11,15,25-26H,3-4H2,1-2H3,(H,23,27)(H2,19,21,22)/t7-,8+,10+,11+,15+/m0/s1. The van der Waals surface area contributed by atoms with Gasteiger partial charge in [-0.05, 0) is 23.9 Å². The van der Waals surface area contributed by atoms with Crippen molar-refractivity contribution >= 4 is 56.4 Å². The first-order valence-corrected chi connectivity index (χ1v) is 11.6. The van der Waals surface area contributed by atoms with Gasteiger partial charge in [-0.3, -0.25) is 13.5 Å². The van der Waals surface area contributed by atoms with E-state index in [9.17, 15) is 23.4 Å². The molecule has 2 aromatic rings. The average molecular weight is 513 g/mol. The number of imidazole rings is 1. The minimum absolute atomic E-state index is 0.00330. The molecule has 13 nitrogen and oxygen atoms in total. The predicted molar refractivity (Wildman–Crippen MR) is 113 cm³/mol. The molecule has 5 atom stereocenters. The van der Waals surface area contributed by atoms with Crippen molar-refractivity contribution in [3.05, 3.63) is 11.6 Å². The number of aliphatic hydroxyl groups excluding tert-OH is 2. The van der Waals surface area contributed by atoms with E-state index in [0.717, 1.165) is 0 Å². The normalized spacial score (nSPS) is 24.8. The van der Waals surface area contributed by atoms with Crippen molar-refractivity contribution < 1.29 is 32.3 Å². The van der Waals surface area contributed by atoms with Crippen LogP contribution in [0.3, 0.4) is 0 Å². The Morgan fingerprint density at radius 2 is 2.06 bits per heavy atom. The number of ether oxygens (including phenoxy) is 1. The molecule has 3 heterocycles. The summed E-state index contributed by atoms with van der Waals surface area (Å²) in [5, 5.41) is 19.5. The molecule has 0 unspecified atom stereocenters. The second-order valence-corrected chi connectivity index (χ2v) is 9.76. The molecule has 3 rings (SSSR count). The van der Waals surface area contributed by atoms with Crippen LogP contribution in [0.4, 0.5) is 5.82 Å². The van der Waals surface area contributed by atoms with Crippen molar-refractivity contribution in [2.75, 3.05) is 12.3 Å². The van der Waals surface area contributed by atoms with Gasteiger partial charge in [0.15, 0.2) is 17.7 Å². The SMILES string of the molecule is CC(C)C[C@H](Cl)C(=O)NS(=O)(=O)OC[C@H]1O[C@@H](n2cnc3c(N)nc(Cl)nc32)[C@H](O)[C@@H]1O. The Labute approximate surface area is 193 Å². The molecular weight excluding hydrogens is 491 g/mol. The van der Waals surface area contributed by atoms with Crippen LogP contribution in [-0.4, -0.2) is 74.4 Å². The summed E-state index contributed by atoms with van der Waals surface area (Å²) in [6.07, 6.45) is -3.98. The van der Waals surface area contributed by atoms with Gasteiger partial charge in [-0.15, -0.1) is 11.6 Å². The first-order chi connectivity index (χ1) is 14.9. The fourth-order valence-electron chi connectivity index (χ4n) is 3.09. The zero-order valence-corrected chi connectivity index (χ0v) is 19.3. The number of nitrogens with zero attached hydrogens (tertiary/aromatic N) is 4. The van der Waals surface area contributed by atoms with Crippen molar-refractivity contribution in [3.8, 4) is 0 Å². The molecule has 178 valence electrons. The van der Waals surface area contributed by atoms with Crippen LogP contribution in [0.2, 0.25) is 5.28 Å². The van der Waals surface area contributed by atoms with Crippen LogP contribution in [0.15, 0.2) is 6.33 Å². The van der Waals surface area contributed by atoms with Crippen molar-refractivity contribution in [2.45, 2.75) is 50.2 Å². The molecule has 0 radical (unpaired) electrons. The van der Waals surface area contributed by atoms with E-state index in [-0.39, 0.29) is 34.6 Å². The number of aromatic nitrogens is 4. The summed E-state index contributed by atoms with van der Waals surface area (Å²) in [6, 6.07) is 0. The highest BCUT2D eigenvalue weighted by Gasteiger charge is 2.45. The van der Waals surface area contributed by atoms with Gasteiger partial charge in [0.2, 0.25) is 5.28 Å². The monoisotopic (exact) mass is 512 g/mol. The van der Waals surface area contributed by atoms with Gasteiger partial charge in [0.1, 0.15) is 29.2 Å². The third-order valence-electron chi connectivity index (χ3n) is 4.61. The number of nitrogens with two attached hydrogens (primary N) is 1. The number of nitrogens with one attached hydrogen (secondary N) is 1. The maximum Gasteiger partial charge on any atom is 0.362 e. The number of carbonyl (C=O) groups excluding carboxylic acids is 1. The van der Waals surface area contributed by atoms with Crippen LogP contribution in [0.1, 0.15) is 26.5 Å². The maximum atomic E-state index is 12.1. The third kappa shape index (κ3) is 5.39. The lowest BCUT2D eigenvalue weighted by Crippen LogP contribution is -2.40. The number of anilines is 1. The third-order valence-corrected chi connectivity index (χ3v) is 6.05.